The van der Waals surface area contributed by atoms with Crippen LogP contribution in [-0.4, -0.2) is 29.7 Å². The van der Waals surface area contributed by atoms with E-state index in [2.05, 4.69) is 17.0 Å². The quantitative estimate of drug-likeness (QED) is 0.843. The number of hydrogen-bond acceptors (Lipinski definition) is 4. The van der Waals surface area contributed by atoms with Gasteiger partial charge in [0.25, 0.3) is 0 Å². The van der Waals surface area contributed by atoms with E-state index in [4.69, 9.17) is 10.3 Å². The minimum absolute atomic E-state index is 0.477. The van der Waals surface area contributed by atoms with Gasteiger partial charge < -0.3 is 10.3 Å². The lowest BCUT2D eigenvalue weighted by atomic mass is 10.0. The predicted octanol–water partition coefficient (Wildman–Crippen LogP) is 1.64. The summed E-state index contributed by atoms with van der Waals surface area (Å²) in [6.45, 7) is 6.99. The fourth-order valence-electron chi connectivity index (χ4n) is 2.69. The molecule has 2 rings (SSSR count). The number of rotatable bonds is 4. The molecule has 0 spiro atoms. The van der Waals surface area contributed by atoms with Gasteiger partial charge in [-0.3, -0.25) is 4.90 Å². The van der Waals surface area contributed by atoms with Crippen molar-refractivity contribution < 1.29 is 4.52 Å². The molecule has 1 aliphatic rings. The van der Waals surface area contributed by atoms with Gasteiger partial charge in [0.05, 0.1) is 5.69 Å². The zero-order chi connectivity index (χ0) is 11.5. The van der Waals surface area contributed by atoms with Crippen LogP contribution >= 0.6 is 0 Å². The van der Waals surface area contributed by atoms with Gasteiger partial charge in [0.1, 0.15) is 5.76 Å². The third-order valence-corrected chi connectivity index (χ3v) is 3.43. The second kappa shape index (κ2) is 4.97. The van der Waals surface area contributed by atoms with Crippen molar-refractivity contribution in [2.24, 2.45) is 5.73 Å². The van der Waals surface area contributed by atoms with Crippen LogP contribution in [0, 0.1) is 6.92 Å². The number of likely N-dealkylation sites (tertiary alicyclic amines) is 1. The summed E-state index contributed by atoms with van der Waals surface area (Å²) in [5.41, 5.74) is 8.08. The SMILES string of the molecule is CCc1noc(C)c1[C@@H]1CCCN1CCN. The van der Waals surface area contributed by atoms with Crippen molar-refractivity contribution >= 4 is 0 Å². The molecule has 1 fully saturated rings. The summed E-state index contributed by atoms with van der Waals surface area (Å²) in [6.07, 6.45) is 3.40. The Bertz CT molecular complexity index is 348. The topological polar surface area (TPSA) is 55.3 Å². The molecule has 1 aromatic heterocycles. The third kappa shape index (κ3) is 1.99. The number of hydrogen-bond donors (Lipinski definition) is 1. The summed E-state index contributed by atoms with van der Waals surface area (Å²) in [7, 11) is 0. The zero-order valence-electron chi connectivity index (χ0n) is 10.2. The van der Waals surface area contributed by atoms with E-state index in [1.807, 2.05) is 6.92 Å². The highest BCUT2D eigenvalue weighted by molar-refractivity contribution is 5.27. The first-order valence-electron chi connectivity index (χ1n) is 6.17. The molecular weight excluding hydrogens is 202 g/mol. The highest BCUT2D eigenvalue weighted by Crippen LogP contribution is 2.35. The molecule has 16 heavy (non-hydrogen) atoms. The van der Waals surface area contributed by atoms with E-state index in [9.17, 15) is 0 Å². The van der Waals surface area contributed by atoms with Gasteiger partial charge in [-0.25, -0.2) is 0 Å². The second-order valence-electron chi connectivity index (χ2n) is 4.44. The first kappa shape index (κ1) is 11.6. The van der Waals surface area contributed by atoms with Crippen LogP contribution in [0.2, 0.25) is 0 Å². The maximum Gasteiger partial charge on any atom is 0.138 e. The van der Waals surface area contributed by atoms with Crippen LogP contribution in [0.15, 0.2) is 4.52 Å². The maximum atomic E-state index is 5.65. The lowest BCUT2D eigenvalue weighted by molar-refractivity contribution is 0.261. The maximum absolute atomic E-state index is 5.65. The van der Waals surface area contributed by atoms with Crippen LogP contribution < -0.4 is 5.73 Å². The van der Waals surface area contributed by atoms with Crippen molar-refractivity contribution in [3.05, 3.63) is 17.0 Å². The molecule has 0 saturated carbocycles. The fraction of sp³-hybridized carbons (Fsp3) is 0.750. The minimum atomic E-state index is 0.477. The Balaban J connectivity index is 2.24. The summed E-state index contributed by atoms with van der Waals surface area (Å²) in [4.78, 5) is 2.46. The summed E-state index contributed by atoms with van der Waals surface area (Å²) >= 11 is 0. The van der Waals surface area contributed by atoms with E-state index in [-0.39, 0.29) is 0 Å². The highest BCUT2D eigenvalue weighted by atomic mass is 16.5. The summed E-state index contributed by atoms with van der Waals surface area (Å²) in [5.74, 6) is 0.978. The van der Waals surface area contributed by atoms with Crippen molar-refractivity contribution in [3.63, 3.8) is 0 Å². The van der Waals surface area contributed by atoms with Gasteiger partial charge in [-0.2, -0.15) is 0 Å². The van der Waals surface area contributed by atoms with Crippen LogP contribution in [0.1, 0.15) is 42.8 Å². The predicted molar refractivity (Wildman–Crippen MR) is 63.2 cm³/mol. The van der Waals surface area contributed by atoms with E-state index in [0.29, 0.717) is 6.04 Å². The van der Waals surface area contributed by atoms with Crippen LogP contribution in [0.3, 0.4) is 0 Å². The monoisotopic (exact) mass is 223 g/mol. The van der Waals surface area contributed by atoms with Crippen LogP contribution in [-0.2, 0) is 6.42 Å². The first-order chi connectivity index (χ1) is 7.77. The summed E-state index contributed by atoms with van der Waals surface area (Å²) < 4.78 is 5.32. The molecule has 0 bridgehead atoms. The minimum Gasteiger partial charge on any atom is -0.361 e. The molecule has 1 aromatic rings. The molecule has 0 amide bonds. The molecule has 4 heteroatoms. The molecule has 0 aromatic carbocycles. The lowest BCUT2D eigenvalue weighted by Crippen LogP contribution is -2.29. The second-order valence-corrected chi connectivity index (χ2v) is 4.44. The van der Waals surface area contributed by atoms with E-state index in [1.165, 1.54) is 18.4 Å². The summed E-state index contributed by atoms with van der Waals surface area (Å²) in [6, 6.07) is 0.477. The van der Waals surface area contributed by atoms with Gasteiger partial charge in [-0.1, -0.05) is 12.1 Å². The van der Waals surface area contributed by atoms with Crippen molar-refractivity contribution in [2.75, 3.05) is 19.6 Å². The number of aryl methyl sites for hydroxylation is 2. The Morgan fingerprint density at radius 1 is 1.56 bits per heavy atom. The molecule has 0 aliphatic carbocycles. The molecule has 90 valence electrons. The highest BCUT2D eigenvalue weighted by Gasteiger charge is 2.30. The van der Waals surface area contributed by atoms with Crippen LogP contribution in [0.4, 0.5) is 0 Å². The van der Waals surface area contributed by atoms with Gasteiger partial charge in [0, 0.05) is 24.7 Å². The fourth-order valence-corrected chi connectivity index (χ4v) is 2.69. The number of nitrogens with zero attached hydrogens (tertiary/aromatic N) is 2. The Morgan fingerprint density at radius 2 is 2.38 bits per heavy atom. The first-order valence-corrected chi connectivity index (χ1v) is 6.17. The number of nitrogens with two attached hydrogens (primary N) is 1. The molecule has 1 saturated heterocycles. The van der Waals surface area contributed by atoms with Gasteiger partial charge in [0.15, 0.2) is 0 Å². The average Bonchev–Trinajstić information content (AvgIpc) is 2.85. The smallest absolute Gasteiger partial charge is 0.138 e. The molecule has 1 atom stereocenters. The molecule has 2 heterocycles. The zero-order valence-corrected chi connectivity index (χ0v) is 10.2. The van der Waals surface area contributed by atoms with E-state index >= 15 is 0 Å². The third-order valence-electron chi connectivity index (χ3n) is 3.43. The van der Waals surface area contributed by atoms with Crippen LogP contribution in [0.5, 0.6) is 0 Å². The van der Waals surface area contributed by atoms with Crippen molar-refractivity contribution in [3.8, 4) is 0 Å². The van der Waals surface area contributed by atoms with Gasteiger partial charge >= 0.3 is 0 Å². The summed E-state index contributed by atoms with van der Waals surface area (Å²) in [5, 5.41) is 4.14. The van der Waals surface area contributed by atoms with E-state index in [1.54, 1.807) is 0 Å². The Hall–Kier alpha value is -0.870. The van der Waals surface area contributed by atoms with Crippen molar-refractivity contribution in [1.29, 1.82) is 0 Å². The Morgan fingerprint density at radius 3 is 3.06 bits per heavy atom. The number of aromatic nitrogens is 1. The van der Waals surface area contributed by atoms with Gasteiger partial charge in [0.2, 0.25) is 0 Å². The van der Waals surface area contributed by atoms with Crippen LogP contribution in [0.25, 0.3) is 0 Å². The normalized spacial score (nSPS) is 21.8. The molecule has 0 unspecified atom stereocenters. The van der Waals surface area contributed by atoms with E-state index < -0.39 is 0 Å². The Kier molecular flexibility index (Phi) is 3.61. The molecule has 2 N–H and O–H groups in total. The average molecular weight is 223 g/mol. The standard InChI is InChI=1S/C12H21N3O/c1-3-10-12(9(2)16-14-10)11-5-4-7-15(11)8-6-13/h11H,3-8,13H2,1-2H3/t11-/m0/s1. The van der Waals surface area contributed by atoms with Crippen molar-refractivity contribution in [1.82, 2.24) is 10.1 Å². The van der Waals surface area contributed by atoms with Gasteiger partial charge in [-0.15, -0.1) is 0 Å². The Labute approximate surface area is 96.8 Å². The van der Waals surface area contributed by atoms with Gasteiger partial charge in [-0.05, 0) is 32.7 Å². The molecule has 4 nitrogen and oxygen atoms in total. The molecule has 1 aliphatic heterocycles. The molecular formula is C12H21N3O. The van der Waals surface area contributed by atoms with E-state index in [0.717, 1.165) is 37.5 Å². The lowest BCUT2D eigenvalue weighted by Gasteiger charge is -2.23. The molecule has 0 radical (unpaired) electrons. The largest absolute Gasteiger partial charge is 0.361 e. The van der Waals surface area contributed by atoms with Crippen molar-refractivity contribution in [2.45, 2.75) is 39.2 Å².